The Hall–Kier alpha value is -0.120. The van der Waals surface area contributed by atoms with Gasteiger partial charge < -0.3 is 15.2 Å². The van der Waals surface area contributed by atoms with E-state index in [1.807, 2.05) is 0 Å². The first kappa shape index (κ1) is 12.0. The lowest BCUT2D eigenvalue weighted by Gasteiger charge is -2.32. The molecule has 0 bridgehead atoms. The van der Waals surface area contributed by atoms with Gasteiger partial charge in [0.05, 0.1) is 12.7 Å². The second kappa shape index (κ2) is 6.38. The summed E-state index contributed by atoms with van der Waals surface area (Å²) in [6.07, 6.45) is 4.70. The molecule has 1 aliphatic rings. The maximum absolute atomic E-state index is 6.18. The molecule has 0 aromatic carbocycles. The van der Waals surface area contributed by atoms with Crippen LogP contribution in [0.5, 0.6) is 0 Å². The molecule has 2 N–H and O–H groups in total. The van der Waals surface area contributed by atoms with Gasteiger partial charge in [0.2, 0.25) is 0 Å². The van der Waals surface area contributed by atoms with E-state index in [-0.39, 0.29) is 12.1 Å². The molecule has 1 heterocycles. The van der Waals surface area contributed by atoms with E-state index >= 15 is 0 Å². The minimum Gasteiger partial charge on any atom is -0.381 e. The molecule has 0 amide bonds. The molecule has 14 heavy (non-hydrogen) atoms. The second-order valence-electron chi connectivity index (χ2n) is 4.12. The van der Waals surface area contributed by atoms with Crippen molar-refractivity contribution in [2.75, 3.05) is 20.3 Å². The molecule has 0 saturated carbocycles. The van der Waals surface area contributed by atoms with Crippen LogP contribution in [0.25, 0.3) is 0 Å². The molecule has 0 aromatic heterocycles. The summed E-state index contributed by atoms with van der Waals surface area (Å²) in [4.78, 5) is 0. The Labute approximate surface area is 86.9 Å². The highest BCUT2D eigenvalue weighted by atomic mass is 16.5. The van der Waals surface area contributed by atoms with E-state index in [1.54, 1.807) is 7.11 Å². The summed E-state index contributed by atoms with van der Waals surface area (Å²) in [5.74, 6) is 0.486. The molecule has 0 aliphatic carbocycles. The van der Waals surface area contributed by atoms with Gasteiger partial charge in [-0.2, -0.15) is 0 Å². The van der Waals surface area contributed by atoms with Gasteiger partial charge in [-0.05, 0) is 25.2 Å². The van der Waals surface area contributed by atoms with E-state index in [0.717, 1.165) is 32.5 Å². The Balaban J connectivity index is 2.38. The van der Waals surface area contributed by atoms with Crippen LogP contribution < -0.4 is 5.73 Å². The standard InChI is InChI=1S/C11H23NO2/c1-3-5-10(13-2)11(12)9-6-4-7-14-8-9/h9-11H,3-8,12H2,1-2H3. The zero-order valence-electron chi connectivity index (χ0n) is 9.37. The predicted molar refractivity (Wildman–Crippen MR) is 57.2 cm³/mol. The SMILES string of the molecule is CCCC(OC)C(N)C1CCCOC1. The largest absolute Gasteiger partial charge is 0.381 e. The van der Waals surface area contributed by atoms with E-state index in [0.29, 0.717) is 5.92 Å². The molecule has 1 fully saturated rings. The van der Waals surface area contributed by atoms with Gasteiger partial charge in [-0.1, -0.05) is 13.3 Å². The summed E-state index contributed by atoms with van der Waals surface area (Å²) in [5, 5.41) is 0. The molecule has 84 valence electrons. The van der Waals surface area contributed by atoms with Crippen LogP contribution >= 0.6 is 0 Å². The average molecular weight is 201 g/mol. The highest BCUT2D eigenvalue weighted by Gasteiger charge is 2.27. The first-order valence-corrected chi connectivity index (χ1v) is 5.65. The Morgan fingerprint density at radius 3 is 2.86 bits per heavy atom. The van der Waals surface area contributed by atoms with Crippen molar-refractivity contribution in [3.05, 3.63) is 0 Å². The third-order valence-corrected chi connectivity index (χ3v) is 3.05. The lowest BCUT2D eigenvalue weighted by atomic mass is 9.89. The van der Waals surface area contributed by atoms with Crippen molar-refractivity contribution in [3.63, 3.8) is 0 Å². The zero-order valence-corrected chi connectivity index (χ0v) is 9.37. The van der Waals surface area contributed by atoms with Gasteiger partial charge in [-0.3, -0.25) is 0 Å². The van der Waals surface area contributed by atoms with Gasteiger partial charge in [0.1, 0.15) is 0 Å². The van der Waals surface area contributed by atoms with Gasteiger partial charge in [0, 0.05) is 19.8 Å². The van der Waals surface area contributed by atoms with Crippen molar-refractivity contribution in [1.29, 1.82) is 0 Å². The van der Waals surface area contributed by atoms with Crippen molar-refractivity contribution < 1.29 is 9.47 Å². The van der Waals surface area contributed by atoms with Crippen LogP contribution in [-0.4, -0.2) is 32.5 Å². The highest BCUT2D eigenvalue weighted by Crippen LogP contribution is 2.21. The number of methoxy groups -OCH3 is 1. The fourth-order valence-electron chi connectivity index (χ4n) is 2.12. The molecule has 1 rings (SSSR count). The monoisotopic (exact) mass is 201 g/mol. The fraction of sp³-hybridized carbons (Fsp3) is 1.00. The Morgan fingerprint density at radius 2 is 2.36 bits per heavy atom. The molecule has 3 unspecified atom stereocenters. The van der Waals surface area contributed by atoms with Gasteiger partial charge >= 0.3 is 0 Å². The van der Waals surface area contributed by atoms with Crippen LogP contribution in [0.4, 0.5) is 0 Å². The van der Waals surface area contributed by atoms with Gasteiger partial charge in [-0.15, -0.1) is 0 Å². The lowest BCUT2D eigenvalue weighted by Crippen LogP contribution is -2.45. The predicted octanol–water partition coefficient (Wildman–Crippen LogP) is 1.56. The molecule has 3 atom stereocenters. The molecule has 3 nitrogen and oxygen atoms in total. The first-order chi connectivity index (χ1) is 6.79. The summed E-state index contributed by atoms with van der Waals surface area (Å²) in [6, 6.07) is 0.139. The van der Waals surface area contributed by atoms with Crippen LogP contribution in [-0.2, 0) is 9.47 Å². The molecule has 0 aromatic rings. The van der Waals surface area contributed by atoms with Gasteiger partial charge in [0.15, 0.2) is 0 Å². The average Bonchev–Trinajstić information content (AvgIpc) is 2.26. The third-order valence-electron chi connectivity index (χ3n) is 3.05. The van der Waals surface area contributed by atoms with E-state index in [2.05, 4.69) is 6.92 Å². The molecule has 0 spiro atoms. The Bertz CT molecular complexity index is 141. The smallest absolute Gasteiger partial charge is 0.0725 e. The van der Waals surface area contributed by atoms with Crippen molar-refractivity contribution >= 4 is 0 Å². The van der Waals surface area contributed by atoms with Crippen LogP contribution in [0, 0.1) is 5.92 Å². The number of rotatable bonds is 5. The normalized spacial score (nSPS) is 27.2. The van der Waals surface area contributed by atoms with Crippen LogP contribution in [0.2, 0.25) is 0 Å². The number of hydrogen-bond donors (Lipinski definition) is 1. The Kier molecular flexibility index (Phi) is 5.45. The van der Waals surface area contributed by atoms with Crippen LogP contribution in [0.15, 0.2) is 0 Å². The van der Waals surface area contributed by atoms with E-state index < -0.39 is 0 Å². The summed E-state index contributed by atoms with van der Waals surface area (Å²) in [7, 11) is 1.75. The quantitative estimate of drug-likeness (QED) is 0.734. The highest BCUT2D eigenvalue weighted by molar-refractivity contribution is 4.82. The molecular formula is C11H23NO2. The van der Waals surface area contributed by atoms with Crippen LogP contribution in [0.1, 0.15) is 32.6 Å². The van der Waals surface area contributed by atoms with Gasteiger partial charge in [-0.25, -0.2) is 0 Å². The first-order valence-electron chi connectivity index (χ1n) is 5.65. The van der Waals surface area contributed by atoms with Crippen molar-refractivity contribution in [2.45, 2.75) is 44.8 Å². The van der Waals surface area contributed by atoms with Crippen LogP contribution in [0.3, 0.4) is 0 Å². The summed E-state index contributed by atoms with van der Waals surface area (Å²) < 4.78 is 10.9. The minimum absolute atomic E-state index is 0.139. The summed E-state index contributed by atoms with van der Waals surface area (Å²) >= 11 is 0. The molecule has 1 saturated heterocycles. The van der Waals surface area contributed by atoms with E-state index in [4.69, 9.17) is 15.2 Å². The molecule has 0 radical (unpaired) electrons. The topological polar surface area (TPSA) is 44.5 Å². The summed E-state index contributed by atoms with van der Waals surface area (Å²) in [5.41, 5.74) is 6.18. The second-order valence-corrected chi connectivity index (χ2v) is 4.12. The minimum atomic E-state index is 0.139. The fourth-order valence-corrected chi connectivity index (χ4v) is 2.12. The molecular weight excluding hydrogens is 178 g/mol. The molecule has 1 aliphatic heterocycles. The number of nitrogens with two attached hydrogens (primary N) is 1. The zero-order chi connectivity index (χ0) is 10.4. The third kappa shape index (κ3) is 3.23. The van der Waals surface area contributed by atoms with E-state index in [9.17, 15) is 0 Å². The van der Waals surface area contributed by atoms with Crippen molar-refractivity contribution in [1.82, 2.24) is 0 Å². The van der Waals surface area contributed by atoms with Crippen molar-refractivity contribution in [3.8, 4) is 0 Å². The Morgan fingerprint density at radius 1 is 1.57 bits per heavy atom. The van der Waals surface area contributed by atoms with Crippen molar-refractivity contribution in [2.24, 2.45) is 11.7 Å². The maximum Gasteiger partial charge on any atom is 0.0725 e. The molecule has 3 heteroatoms. The summed E-state index contributed by atoms with van der Waals surface area (Å²) in [6.45, 7) is 3.87. The maximum atomic E-state index is 6.18. The lowest BCUT2D eigenvalue weighted by molar-refractivity contribution is -0.00131. The van der Waals surface area contributed by atoms with E-state index in [1.165, 1.54) is 6.42 Å². The van der Waals surface area contributed by atoms with Gasteiger partial charge in [0.25, 0.3) is 0 Å². The number of hydrogen-bond acceptors (Lipinski definition) is 3. The number of ether oxygens (including phenoxy) is 2.